The molecule has 0 aromatic heterocycles. The molecule has 6 heteroatoms. The third kappa shape index (κ3) is 3.79. The predicted molar refractivity (Wildman–Crippen MR) is 102 cm³/mol. The van der Waals surface area contributed by atoms with E-state index in [-0.39, 0.29) is 24.7 Å². The van der Waals surface area contributed by atoms with Crippen molar-refractivity contribution in [1.29, 1.82) is 0 Å². The van der Waals surface area contributed by atoms with Gasteiger partial charge in [0.05, 0.1) is 17.1 Å². The molecule has 0 spiro atoms. The summed E-state index contributed by atoms with van der Waals surface area (Å²) in [6.07, 6.45) is 0.555. The summed E-state index contributed by atoms with van der Waals surface area (Å²) in [6.45, 7) is 7.62. The van der Waals surface area contributed by atoms with Gasteiger partial charge in [-0.15, -0.1) is 0 Å². The number of rotatable bonds is 6. The molecule has 1 fully saturated rings. The van der Waals surface area contributed by atoms with E-state index in [0.717, 1.165) is 17.9 Å². The van der Waals surface area contributed by atoms with Gasteiger partial charge < -0.3 is 4.90 Å². The Morgan fingerprint density at radius 3 is 1.88 bits per heavy atom. The van der Waals surface area contributed by atoms with Crippen LogP contribution in [-0.2, 0) is 9.59 Å². The highest BCUT2D eigenvalue weighted by molar-refractivity contribution is 6.19. The van der Waals surface area contributed by atoms with Crippen LogP contribution in [0.3, 0.4) is 0 Å². The minimum Gasteiger partial charge on any atom is -0.372 e. The van der Waals surface area contributed by atoms with E-state index in [1.165, 1.54) is 4.90 Å². The lowest BCUT2D eigenvalue weighted by molar-refractivity contribution is -0.121. The number of carbonyl (C=O) groups excluding carboxylic acids is 2. The summed E-state index contributed by atoms with van der Waals surface area (Å²) < 4.78 is 0. The monoisotopic (exact) mass is 349 g/mol. The fourth-order valence-electron chi connectivity index (χ4n) is 2.85. The van der Waals surface area contributed by atoms with Crippen LogP contribution in [0.2, 0.25) is 0 Å². The summed E-state index contributed by atoms with van der Waals surface area (Å²) in [6, 6.07) is 14.7. The first-order valence-corrected chi connectivity index (χ1v) is 8.64. The number of benzene rings is 2. The molecule has 0 atom stereocenters. The molecular weight excluding hydrogens is 328 g/mol. The Labute approximate surface area is 153 Å². The van der Waals surface area contributed by atoms with Crippen LogP contribution in [0.4, 0.5) is 22.7 Å². The van der Waals surface area contributed by atoms with Crippen molar-refractivity contribution in [2.75, 3.05) is 22.9 Å². The standard InChI is InChI=1S/C20H21N4O2/c1-3-23(4-2)17-9-5-15(6-10-17)21-22-16-7-11-18(12-8-16)24-19(25)13-14-20(24)26/h5-12H,1,3-4,13-14H2,2H3. The number of hydrogen-bond donors (Lipinski definition) is 0. The molecular formula is C20H21N4O2. The zero-order valence-corrected chi connectivity index (χ0v) is 14.8. The molecule has 0 aliphatic carbocycles. The average Bonchev–Trinajstić information content (AvgIpc) is 3.01. The van der Waals surface area contributed by atoms with Crippen LogP contribution in [0.1, 0.15) is 19.8 Å². The van der Waals surface area contributed by atoms with Gasteiger partial charge in [0.1, 0.15) is 0 Å². The zero-order chi connectivity index (χ0) is 18.5. The second-order valence-corrected chi connectivity index (χ2v) is 5.94. The molecule has 1 aliphatic rings. The largest absolute Gasteiger partial charge is 0.372 e. The van der Waals surface area contributed by atoms with Crippen molar-refractivity contribution >= 4 is 34.6 Å². The van der Waals surface area contributed by atoms with E-state index in [0.29, 0.717) is 17.9 Å². The normalized spacial score (nSPS) is 14.5. The molecule has 0 unspecified atom stereocenters. The Kier molecular flexibility index (Phi) is 5.41. The number of nitrogens with zero attached hydrogens (tertiary/aromatic N) is 4. The summed E-state index contributed by atoms with van der Waals surface area (Å²) in [5.74, 6) is -0.319. The van der Waals surface area contributed by atoms with E-state index in [2.05, 4.69) is 29.0 Å². The van der Waals surface area contributed by atoms with Crippen LogP contribution in [-0.4, -0.2) is 24.9 Å². The van der Waals surface area contributed by atoms with Gasteiger partial charge in [0, 0.05) is 31.6 Å². The minimum atomic E-state index is -0.159. The Bertz CT molecular complexity index is 793. The number of anilines is 2. The maximum absolute atomic E-state index is 11.8. The molecule has 1 aliphatic heterocycles. The van der Waals surface area contributed by atoms with Gasteiger partial charge in [0.2, 0.25) is 11.8 Å². The topological polar surface area (TPSA) is 65.3 Å². The summed E-state index contributed by atoms with van der Waals surface area (Å²) in [5.41, 5.74) is 3.09. The lowest BCUT2D eigenvalue weighted by Gasteiger charge is -2.20. The van der Waals surface area contributed by atoms with Gasteiger partial charge in [-0.1, -0.05) is 0 Å². The molecule has 1 saturated heterocycles. The quantitative estimate of drug-likeness (QED) is 0.573. The van der Waals surface area contributed by atoms with E-state index in [4.69, 9.17) is 0 Å². The van der Waals surface area contributed by atoms with Gasteiger partial charge in [-0.3, -0.25) is 14.5 Å². The van der Waals surface area contributed by atoms with Gasteiger partial charge in [0.15, 0.2) is 0 Å². The number of carbonyl (C=O) groups is 2. The third-order valence-corrected chi connectivity index (χ3v) is 4.31. The molecule has 0 bridgehead atoms. The molecule has 6 nitrogen and oxygen atoms in total. The first-order valence-electron chi connectivity index (χ1n) is 8.64. The van der Waals surface area contributed by atoms with Gasteiger partial charge in [0.25, 0.3) is 0 Å². The third-order valence-electron chi connectivity index (χ3n) is 4.31. The molecule has 2 aromatic rings. The van der Waals surface area contributed by atoms with E-state index in [1.54, 1.807) is 24.3 Å². The van der Waals surface area contributed by atoms with Gasteiger partial charge in [-0.25, -0.2) is 0 Å². The lowest BCUT2D eigenvalue weighted by Crippen LogP contribution is -2.28. The minimum absolute atomic E-state index is 0.159. The molecule has 133 valence electrons. The van der Waals surface area contributed by atoms with E-state index in [1.807, 2.05) is 24.3 Å². The van der Waals surface area contributed by atoms with Crippen molar-refractivity contribution in [2.45, 2.75) is 19.8 Å². The molecule has 2 aromatic carbocycles. The summed E-state index contributed by atoms with van der Waals surface area (Å²) in [4.78, 5) is 26.9. The molecule has 1 radical (unpaired) electrons. The van der Waals surface area contributed by atoms with Crippen molar-refractivity contribution in [3.63, 3.8) is 0 Å². The van der Waals surface area contributed by atoms with Gasteiger partial charge in [-0.05, 0) is 62.4 Å². The van der Waals surface area contributed by atoms with Crippen molar-refractivity contribution in [3.05, 3.63) is 55.5 Å². The van der Waals surface area contributed by atoms with Crippen molar-refractivity contribution in [2.24, 2.45) is 10.2 Å². The number of amides is 2. The summed E-state index contributed by atoms with van der Waals surface area (Å²) >= 11 is 0. The Morgan fingerprint density at radius 1 is 0.923 bits per heavy atom. The van der Waals surface area contributed by atoms with Crippen LogP contribution < -0.4 is 9.80 Å². The number of azo groups is 1. The van der Waals surface area contributed by atoms with Gasteiger partial charge in [-0.2, -0.15) is 10.2 Å². The molecule has 2 amide bonds. The SMILES string of the molecule is [CH2]CN(CC)c1ccc(N=Nc2ccc(N3C(=O)CCC3=O)cc2)cc1. The second kappa shape index (κ2) is 7.91. The highest BCUT2D eigenvalue weighted by Gasteiger charge is 2.29. The second-order valence-electron chi connectivity index (χ2n) is 5.94. The zero-order valence-electron chi connectivity index (χ0n) is 14.8. The summed E-state index contributed by atoms with van der Waals surface area (Å²) in [5, 5.41) is 8.44. The Hall–Kier alpha value is -3.02. The number of hydrogen-bond acceptors (Lipinski definition) is 5. The van der Waals surface area contributed by atoms with Crippen molar-refractivity contribution in [1.82, 2.24) is 0 Å². The highest BCUT2D eigenvalue weighted by Crippen LogP contribution is 2.26. The van der Waals surface area contributed by atoms with E-state index < -0.39 is 0 Å². The summed E-state index contributed by atoms with van der Waals surface area (Å²) in [7, 11) is 0. The Morgan fingerprint density at radius 2 is 1.42 bits per heavy atom. The van der Waals surface area contributed by atoms with Crippen LogP contribution >= 0.6 is 0 Å². The van der Waals surface area contributed by atoms with Crippen LogP contribution in [0.15, 0.2) is 58.8 Å². The van der Waals surface area contributed by atoms with E-state index >= 15 is 0 Å². The van der Waals surface area contributed by atoms with Crippen molar-refractivity contribution < 1.29 is 9.59 Å². The first-order chi connectivity index (χ1) is 12.6. The lowest BCUT2D eigenvalue weighted by atomic mass is 10.2. The fourth-order valence-corrected chi connectivity index (χ4v) is 2.85. The smallest absolute Gasteiger partial charge is 0.234 e. The van der Waals surface area contributed by atoms with Crippen LogP contribution in [0.5, 0.6) is 0 Å². The maximum Gasteiger partial charge on any atom is 0.234 e. The highest BCUT2D eigenvalue weighted by atomic mass is 16.2. The molecule has 0 saturated carbocycles. The fraction of sp³-hybridized carbons (Fsp3) is 0.250. The molecule has 3 rings (SSSR count). The van der Waals surface area contributed by atoms with Crippen LogP contribution in [0.25, 0.3) is 0 Å². The number of imide groups is 1. The molecule has 0 N–H and O–H groups in total. The Balaban J connectivity index is 1.69. The average molecular weight is 349 g/mol. The maximum atomic E-state index is 11.8. The van der Waals surface area contributed by atoms with E-state index in [9.17, 15) is 9.59 Å². The molecule has 1 heterocycles. The van der Waals surface area contributed by atoms with Crippen molar-refractivity contribution in [3.8, 4) is 0 Å². The predicted octanol–water partition coefficient (Wildman–Crippen LogP) is 4.42. The van der Waals surface area contributed by atoms with Crippen LogP contribution in [0, 0.1) is 6.92 Å². The van der Waals surface area contributed by atoms with Gasteiger partial charge >= 0.3 is 0 Å². The molecule has 26 heavy (non-hydrogen) atoms. The first kappa shape index (κ1) is 17.8.